The zero-order valence-electron chi connectivity index (χ0n) is 5.18. The summed E-state index contributed by atoms with van der Waals surface area (Å²) in [6.45, 7) is 3.43. The molecule has 0 aromatic rings. The van der Waals surface area contributed by atoms with E-state index in [1.807, 2.05) is 6.92 Å². The zero-order chi connectivity index (χ0) is 6.57. The highest BCUT2D eigenvalue weighted by molar-refractivity contribution is 8.13. The lowest BCUT2D eigenvalue weighted by molar-refractivity contribution is -0.109. The Hall–Kier alpha value is -0.0200. The molecule has 0 aliphatic rings. The molecule has 0 heterocycles. The topological polar surface area (TPSA) is 43.1 Å². The summed E-state index contributed by atoms with van der Waals surface area (Å²) in [5.74, 6) is 0.731. The smallest absolute Gasteiger partial charge is 0.185 e. The zero-order valence-corrected chi connectivity index (χ0v) is 5.99. The Bertz CT molecular complexity index is 82.5. The first-order chi connectivity index (χ1) is 3.63. The number of carbonyl (C=O) groups is 1. The first kappa shape index (κ1) is 7.98. The lowest BCUT2D eigenvalue weighted by atomic mass is 10.4. The Morgan fingerprint density at radius 1 is 1.88 bits per heavy atom. The number of carbonyl (C=O) groups excluding carboxylic acids is 1. The van der Waals surface area contributed by atoms with Crippen LogP contribution in [0.15, 0.2) is 0 Å². The van der Waals surface area contributed by atoms with Crippen molar-refractivity contribution in [3.63, 3.8) is 0 Å². The molecule has 0 fully saturated rings. The van der Waals surface area contributed by atoms with Crippen LogP contribution in [0.5, 0.6) is 0 Å². The van der Waals surface area contributed by atoms with Gasteiger partial charge in [0.25, 0.3) is 0 Å². The molecule has 2 nitrogen and oxygen atoms in total. The molecule has 0 aromatic heterocycles. The van der Waals surface area contributed by atoms with E-state index in [-0.39, 0.29) is 11.2 Å². The predicted octanol–water partition coefficient (Wildman–Crippen LogP) is 0.613. The molecule has 0 saturated heterocycles. The Balaban J connectivity index is 3.05. The van der Waals surface area contributed by atoms with E-state index < -0.39 is 0 Å². The van der Waals surface area contributed by atoms with Gasteiger partial charge in [0, 0.05) is 18.7 Å². The van der Waals surface area contributed by atoms with Gasteiger partial charge in [-0.2, -0.15) is 0 Å². The summed E-state index contributed by atoms with van der Waals surface area (Å²) >= 11 is 1.28. The average molecular weight is 133 g/mol. The van der Waals surface area contributed by atoms with E-state index in [2.05, 4.69) is 0 Å². The maximum Gasteiger partial charge on any atom is 0.185 e. The van der Waals surface area contributed by atoms with E-state index >= 15 is 0 Å². The third-order valence-corrected chi connectivity index (χ3v) is 1.65. The van der Waals surface area contributed by atoms with E-state index in [1.54, 1.807) is 6.92 Å². The van der Waals surface area contributed by atoms with Crippen LogP contribution in [-0.2, 0) is 4.79 Å². The van der Waals surface area contributed by atoms with Crippen molar-refractivity contribution in [3.05, 3.63) is 0 Å². The summed E-state index contributed by atoms with van der Waals surface area (Å²) in [5, 5.41) is 0.141. The van der Waals surface area contributed by atoms with Gasteiger partial charge in [-0.1, -0.05) is 11.8 Å². The van der Waals surface area contributed by atoms with Gasteiger partial charge < -0.3 is 5.73 Å². The largest absolute Gasteiger partial charge is 0.327 e. The maximum absolute atomic E-state index is 10.3. The van der Waals surface area contributed by atoms with Crippen molar-refractivity contribution in [1.29, 1.82) is 0 Å². The van der Waals surface area contributed by atoms with E-state index in [1.165, 1.54) is 11.8 Å². The predicted molar refractivity (Wildman–Crippen MR) is 36.8 cm³/mol. The summed E-state index contributed by atoms with van der Waals surface area (Å²) in [4.78, 5) is 10.3. The first-order valence-electron chi connectivity index (χ1n) is 2.52. The minimum atomic E-state index is 0.129. The molecule has 0 bridgehead atoms. The molecule has 0 rings (SSSR count). The summed E-state index contributed by atoms with van der Waals surface area (Å²) in [7, 11) is 0. The number of nitrogens with two attached hydrogens (primary N) is 1. The fourth-order valence-corrected chi connectivity index (χ4v) is 0.746. The van der Waals surface area contributed by atoms with Crippen LogP contribution in [0.3, 0.4) is 0 Å². The van der Waals surface area contributed by atoms with Crippen molar-refractivity contribution >= 4 is 16.9 Å². The molecule has 0 amide bonds. The molecule has 0 aliphatic carbocycles. The van der Waals surface area contributed by atoms with Crippen molar-refractivity contribution in [2.24, 2.45) is 5.73 Å². The molecule has 0 aliphatic heterocycles. The molecule has 48 valence electrons. The number of hydrogen-bond acceptors (Lipinski definition) is 3. The fraction of sp³-hybridized carbons (Fsp3) is 0.800. The summed E-state index contributed by atoms with van der Waals surface area (Å²) in [5.41, 5.74) is 5.37. The third-order valence-electron chi connectivity index (χ3n) is 0.549. The van der Waals surface area contributed by atoms with Gasteiger partial charge in [-0.15, -0.1) is 0 Å². The normalized spacial score (nSPS) is 13.4. The van der Waals surface area contributed by atoms with Crippen molar-refractivity contribution in [3.8, 4) is 0 Å². The number of rotatable bonds is 2. The minimum absolute atomic E-state index is 0.129. The van der Waals surface area contributed by atoms with E-state index in [4.69, 9.17) is 5.73 Å². The highest BCUT2D eigenvalue weighted by Crippen LogP contribution is 2.00. The fourth-order valence-electron chi connectivity index (χ4n) is 0.249. The highest BCUT2D eigenvalue weighted by Gasteiger charge is 1.96. The van der Waals surface area contributed by atoms with Gasteiger partial charge >= 0.3 is 0 Å². The van der Waals surface area contributed by atoms with Crippen LogP contribution >= 0.6 is 11.8 Å². The molecular formula is C5H11NOS. The van der Waals surface area contributed by atoms with Crippen LogP contribution in [0, 0.1) is 0 Å². The maximum atomic E-state index is 10.3. The van der Waals surface area contributed by atoms with Crippen LogP contribution < -0.4 is 5.73 Å². The molecular weight excluding hydrogens is 122 g/mol. The molecule has 1 atom stereocenters. The monoisotopic (exact) mass is 133 g/mol. The van der Waals surface area contributed by atoms with Crippen LogP contribution in [0.25, 0.3) is 0 Å². The Morgan fingerprint density at radius 2 is 2.38 bits per heavy atom. The Morgan fingerprint density at radius 3 is 2.50 bits per heavy atom. The minimum Gasteiger partial charge on any atom is -0.327 e. The lowest BCUT2D eigenvalue weighted by Gasteiger charge is -1.98. The first-order valence-corrected chi connectivity index (χ1v) is 3.50. The van der Waals surface area contributed by atoms with Crippen molar-refractivity contribution in [1.82, 2.24) is 0 Å². The quantitative estimate of drug-likeness (QED) is 0.600. The average Bonchev–Trinajstić information content (AvgIpc) is 1.61. The highest BCUT2D eigenvalue weighted by atomic mass is 32.2. The van der Waals surface area contributed by atoms with E-state index in [0.29, 0.717) is 0 Å². The van der Waals surface area contributed by atoms with Crippen molar-refractivity contribution in [2.75, 3.05) is 5.75 Å². The summed E-state index contributed by atoms with van der Waals surface area (Å²) < 4.78 is 0. The molecule has 3 heteroatoms. The van der Waals surface area contributed by atoms with Crippen LogP contribution in [0.4, 0.5) is 0 Å². The molecule has 8 heavy (non-hydrogen) atoms. The molecule has 0 spiro atoms. The van der Waals surface area contributed by atoms with E-state index in [0.717, 1.165) is 5.75 Å². The third kappa shape index (κ3) is 5.98. The van der Waals surface area contributed by atoms with E-state index in [9.17, 15) is 4.79 Å². The van der Waals surface area contributed by atoms with Crippen LogP contribution in [0.2, 0.25) is 0 Å². The van der Waals surface area contributed by atoms with Gasteiger partial charge in [0.1, 0.15) is 0 Å². The number of hydrogen-bond donors (Lipinski definition) is 1. The second kappa shape index (κ2) is 3.92. The SMILES string of the molecule is CC(=O)SCC(C)N. The van der Waals surface area contributed by atoms with Crippen molar-refractivity contribution in [2.45, 2.75) is 19.9 Å². The van der Waals surface area contributed by atoms with Crippen molar-refractivity contribution < 1.29 is 4.79 Å². The number of thioether (sulfide) groups is 1. The van der Waals surface area contributed by atoms with Gasteiger partial charge in [-0.3, -0.25) is 4.79 Å². The molecule has 0 saturated carbocycles. The van der Waals surface area contributed by atoms with Gasteiger partial charge in [-0.25, -0.2) is 0 Å². The second-order valence-electron chi connectivity index (χ2n) is 1.78. The molecule has 0 aromatic carbocycles. The van der Waals surface area contributed by atoms with Gasteiger partial charge in [-0.05, 0) is 6.92 Å². The molecule has 1 unspecified atom stereocenters. The molecule has 2 N–H and O–H groups in total. The lowest BCUT2D eigenvalue weighted by Crippen LogP contribution is -2.18. The Labute approximate surface area is 53.8 Å². The standard InChI is InChI=1S/C5H11NOS/c1-4(6)3-8-5(2)7/h4H,3,6H2,1-2H3. The Kier molecular flexibility index (Phi) is 3.91. The van der Waals surface area contributed by atoms with Gasteiger partial charge in [0.2, 0.25) is 0 Å². The van der Waals surface area contributed by atoms with Gasteiger partial charge in [0.15, 0.2) is 5.12 Å². The molecule has 0 radical (unpaired) electrons. The second-order valence-corrected chi connectivity index (χ2v) is 2.98. The van der Waals surface area contributed by atoms with Crippen LogP contribution in [-0.4, -0.2) is 16.9 Å². The van der Waals surface area contributed by atoms with Crippen LogP contribution in [0.1, 0.15) is 13.8 Å². The summed E-state index contributed by atoms with van der Waals surface area (Å²) in [6.07, 6.45) is 0. The van der Waals surface area contributed by atoms with Gasteiger partial charge in [0.05, 0.1) is 0 Å². The summed E-state index contributed by atoms with van der Waals surface area (Å²) in [6, 6.07) is 0.129.